The number of methoxy groups -OCH3 is 2. The lowest BCUT2D eigenvalue weighted by atomic mass is 9.96. The summed E-state index contributed by atoms with van der Waals surface area (Å²) in [5, 5.41) is 62.5. The van der Waals surface area contributed by atoms with Gasteiger partial charge in [-0.05, 0) is 6.07 Å². The molecule has 2 aliphatic heterocycles. The first-order valence-corrected chi connectivity index (χ1v) is 16.5. The van der Waals surface area contributed by atoms with Crippen molar-refractivity contribution in [1.82, 2.24) is 20.3 Å². The Morgan fingerprint density at radius 3 is 2.12 bits per heavy atom. The summed E-state index contributed by atoms with van der Waals surface area (Å²) < 4.78 is 45.5. The summed E-state index contributed by atoms with van der Waals surface area (Å²) in [5.41, 5.74) is 1.71. The van der Waals surface area contributed by atoms with E-state index >= 15 is 0 Å². The number of hydrogen-bond donors (Lipinski definition) is 6. The smallest absolute Gasteiger partial charge is 0.335 e. The SMILES string of the molecule is COC1OC(C(=O)O)C(OC2OC(C(=O)NCCOCCOCCOCCn3cc(-c4ccccc4Br)nn3)C(OC)C(O)C2O)C(O)C1O. The minimum atomic E-state index is -1.85. The number of carboxylic acids is 1. The Balaban J connectivity index is 1.11. The maximum Gasteiger partial charge on any atom is 0.335 e. The maximum absolute atomic E-state index is 13.0. The number of aliphatic hydroxyl groups excluding tert-OH is 4. The van der Waals surface area contributed by atoms with Crippen LogP contribution in [0, 0.1) is 0 Å². The van der Waals surface area contributed by atoms with Gasteiger partial charge in [-0.2, -0.15) is 0 Å². The van der Waals surface area contributed by atoms with Crippen LogP contribution in [0.4, 0.5) is 0 Å². The van der Waals surface area contributed by atoms with Gasteiger partial charge in [-0.3, -0.25) is 4.79 Å². The molecule has 50 heavy (non-hydrogen) atoms. The first kappa shape index (κ1) is 40.1. The Labute approximate surface area is 295 Å². The molecule has 1 aromatic carbocycles. The van der Waals surface area contributed by atoms with E-state index in [-0.39, 0.29) is 26.4 Å². The number of nitrogens with zero attached hydrogens (tertiary/aromatic N) is 3. The van der Waals surface area contributed by atoms with Gasteiger partial charge in [0.1, 0.15) is 42.3 Å². The largest absolute Gasteiger partial charge is 0.479 e. The van der Waals surface area contributed by atoms with Crippen molar-refractivity contribution in [3.05, 3.63) is 34.9 Å². The molecular weight excluding hydrogens is 736 g/mol. The number of aliphatic carboxylic acids is 1. The molecule has 1 amide bonds. The van der Waals surface area contributed by atoms with Gasteiger partial charge in [-0.25, -0.2) is 9.48 Å². The van der Waals surface area contributed by atoms with Gasteiger partial charge >= 0.3 is 5.97 Å². The predicted octanol–water partition coefficient (Wildman–Crippen LogP) is -2.10. The van der Waals surface area contributed by atoms with E-state index in [0.29, 0.717) is 26.4 Å². The van der Waals surface area contributed by atoms with Crippen molar-refractivity contribution in [3.63, 3.8) is 0 Å². The Kier molecular flexibility index (Phi) is 15.9. The average Bonchev–Trinajstić information content (AvgIpc) is 3.57. The highest BCUT2D eigenvalue weighted by Crippen LogP contribution is 2.30. The number of nitrogens with one attached hydrogen (secondary N) is 1. The fraction of sp³-hybridized carbons (Fsp3) is 0.667. The molecule has 0 spiro atoms. The molecule has 0 aliphatic carbocycles. The van der Waals surface area contributed by atoms with Crippen LogP contribution in [0.15, 0.2) is 34.9 Å². The van der Waals surface area contributed by atoms with Crippen molar-refractivity contribution < 1.29 is 73.0 Å². The summed E-state index contributed by atoms with van der Waals surface area (Å²) >= 11 is 3.51. The van der Waals surface area contributed by atoms with Crippen molar-refractivity contribution >= 4 is 27.8 Å². The molecule has 2 aliphatic rings. The van der Waals surface area contributed by atoms with E-state index < -0.39 is 73.3 Å². The molecule has 1 aromatic heterocycles. The first-order valence-electron chi connectivity index (χ1n) is 15.7. The van der Waals surface area contributed by atoms with Crippen LogP contribution in [0.5, 0.6) is 0 Å². The molecule has 2 fully saturated rings. The highest BCUT2D eigenvalue weighted by molar-refractivity contribution is 9.10. The van der Waals surface area contributed by atoms with Crippen LogP contribution in [0.3, 0.4) is 0 Å². The highest BCUT2D eigenvalue weighted by atomic mass is 79.9. The first-order chi connectivity index (χ1) is 24.1. The maximum atomic E-state index is 13.0. The molecule has 19 nitrogen and oxygen atoms in total. The molecule has 0 saturated carbocycles. The number of carbonyl (C=O) groups is 2. The number of carbonyl (C=O) groups excluding carboxylic acids is 1. The number of rotatable bonds is 19. The Hall–Kier alpha value is -2.70. The summed E-state index contributed by atoms with van der Waals surface area (Å²) in [4.78, 5) is 24.8. The Morgan fingerprint density at radius 2 is 1.46 bits per heavy atom. The van der Waals surface area contributed by atoms with Crippen LogP contribution in [0.25, 0.3) is 11.3 Å². The van der Waals surface area contributed by atoms with E-state index in [4.69, 9.17) is 37.9 Å². The van der Waals surface area contributed by atoms with Crippen molar-refractivity contribution in [3.8, 4) is 11.3 Å². The zero-order valence-electron chi connectivity index (χ0n) is 27.4. The number of halogens is 1. The van der Waals surface area contributed by atoms with Crippen LogP contribution < -0.4 is 5.32 Å². The summed E-state index contributed by atoms with van der Waals surface area (Å²) in [6.07, 6.45) is -15.1. The molecule has 6 N–H and O–H groups in total. The number of ether oxygens (including phenoxy) is 8. The highest BCUT2D eigenvalue weighted by Gasteiger charge is 2.54. The second-order valence-electron chi connectivity index (χ2n) is 11.2. The zero-order chi connectivity index (χ0) is 36.2. The minimum absolute atomic E-state index is 0.0362. The fourth-order valence-corrected chi connectivity index (χ4v) is 5.70. The fourth-order valence-electron chi connectivity index (χ4n) is 5.21. The van der Waals surface area contributed by atoms with Gasteiger partial charge in [-0.15, -0.1) is 5.10 Å². The molecule has 0 bridgehead atoms. The normalized spacial score (nSPS) is 29.9. The van der Waals surface area contributed by atoms with Gasteiger partial charge in [0, 0.05) is 30.8 Å². The van der Waals surface area contributed by atoms with E-state index in [1.807, 2.05) is 30.5 Å². The summed E-state index contributed by atoms with van der Waals surface area (Å²) in [6, 6.07) is 7.75. The average molecular weight is 780 g/mol. The number of benzene rings is 1. The molecule has 280 valence electrons. The number of amides is 1. The van der Waals surface area contributed by atoms with Crippen molar-refractivity contribution in [1.29, 1.82) is 0 Å². The van der Waals surface area contributed by atoms with E-state index in [2.05, 4.69) is 31.6 Å². The third-order valence-electron chi connectivity index (χ3n) is 7.83. The number of aromatic nitrogens is 3. The van der Waals surface area contributed by atoms with E-state index in [1.165, 1.54) is 7.11 Å². The topological polar surface area (TPSA) is 252 Å². The number of aliphatic hydroxyl groups is 4. The van der Waals surface area contributed by atoms with E-state index in [9.17, 15) is 35.1 Å². The molecule has 4 rings (SSSR count). The molecule has 2 saturated heterocycles. The molecule has 10 atom stereocenters. The van der Waals surface area contributed by atoms with E-state index in [1.54, 1.807) is 4.68 Å². The van der Waals surface area contributed by atoms with Crippen LogP contribution in [-0.2, 0) is 54.0 Å². The quantitative estimate of drug-likeness (QED) is 0.0836. The summed E-state index contributed by atoms with van der Waals surface area (Å²) in [6.45, 7) is 2.32. The van der Waals surface area contributed by atoms with Gasteiger partial charge in [0.15, 0.2) is 24.8 Å². The minimum Gasteiger partial charge on any atom is -0.479 e. The van der Waals surface area contributed by atoms with Crippen molar-refractivity contribution in [2.45, 2.75) is 68.0 Å². The van der Waals surface area contributed by atoms with E-state index in [0.717, 1.165) is 22.8 Å². The predicted molar refractivity (Wildman–Crippen MR) is 170 cm³/mol. The van der Waals surface area contributed by atoms with Crippen molar-refractivity contribution in [2.24, 2.45) is 0 Å². The Morgan fingerprint density at radius 1 is 0.840 bits per heavy atom. The molecule has 2 aromatic rings. The molecule has 10 unspecified atom stereocenters. The summed E-state index contributed by atoms with van der Waals surface area (Å²) in [7, 11) is 2.33. The van der Waals surface area contributed by atoms with Crippen LogP contribution in [0.1, 0.15) is 0 Å². The van der Waals surface area contributed by atoms with Gasteiger partial charge in [0.05, 0.1) is 52.4 Å². The van der Waals surface area contributed by atoms with Gasteiger partial charge in [-0.1, -0.05) is 39.3 Å². The van der Waals surface area contributed by atoms with Crippen LogP contribution in [-0.4, -0.2) is 174 Å². The third kappa shape index (κ3) is 10.4. The Bertz CT molecular complexity index is 1360. The monoisotopic (exact) mass is 778 g/mol. The van der Waals surface area contributed by atoms with Crippen molar-refractivity contribution in [2.75, 3.05) is 60.4 Å². The van der Waals surface area contributed by atoms with Gasteiger partial charge < -0.3 is 68.7 Å². The molecule has 3 heterocycles. The zero-order valence-corrected chi connectivity index (χ0v) is 28.9. The third-order valence-corrected chi connectivity index (χ3v) is 8.52. The molecule has 0 radical (unpaired) electrons. The lowest BCUT2D eigenvalue weighted by Gasteiger charge is -2.45. The second-order valence-corrected chi connectivity index (χ2v) is 12.0. The molecular formula is C30H43BrN4O15. The number of carboxylic acid groups (broad SMARTS) is 1. The lowest BCUT2D eigenvalue weighted by molar-refractivity contribution is -0.348. The van der Waals surface area contributed by atoms with Gasteiger partial charge in [0.2, 0.25) is 0 Å². The number of hydrogen-bond acceptors (Lipinski definition) is 16. The second kappa shape index (κ2) is 19.8. The lowest BCUT2D eigenvalue weighted by Crippen LogP contribution is -2.66. The van der Waals surface area contributed by atoms with Crippen LogP contribution in [0.2, 0.25) is 0 Å². The standard InChI is InChI=1S/C30H43BrN4O15/c1-43-23-19(36)22(39)30(48-24-20(37)21(38)29(44-2)50-26(24)28(41)42)49-25(23)27(40)32-7-9-45-11-13-47-14-12-46-10-8-35-15-18(33-34-35)16-5-3-4-6-17(16)31/h3-6,15,19-26,29-30,36-39H,7-14H2,1-2H3,(H,32,40)(H,41,42). The van der Waals surface area contributed by atoms with Gasteiger partial charge in [0.25, 0.3) is 5.91 Å². The molecule has 20 heteroatoms. The summed E-state index contributed by atoms with van der Waals surface area (Å²) in [5.74, 6) is -2.32. The van der Waals surface area contributed by atoms with Crippen LogP contribution >= 0.6 is 15.9 Å².